The van der Waals surface area contributed by atoms with Crippen molar-refractivity contribution in [1.29, 1.82) is 0 Å². The Kier molecular flexibility index (Phi) is 3.21. The zero-order valence-electron chi connectivity index (χ0n) is 11.0. The SMILES string of the molecule is NC1=[N+](NC(=O)Cc2ccccc2)Cc2ccccc21. The molecule has 1 aliphatic rings. The van der Waals surface area contributed by atoms with Gasteiger partial charge < -0.3 is 0 Å². The number of nitrogens with two attached hydrogens (primary N) is 1. The summed E-state index contributed by atoms with van der Waals surface area (Å²) in [4.78, 5) is 12.0. The Morgan fingerprint density at radius 1 is 1.10 bits per heavy atom. The number of hydrazine groups is 1. The fourth-order valence-corrected chi connectivity index (χ4v) is 2.38. The van der Waals surface area contributed by atoms with E-state index >= 15 is 0 Å². The van der Waals surface area contributed by atoms with E-state index in [9.17, 15) is 4.79 Å². The van der Waals surface area contributed by atoms with Crippen molar-refractivity contribution in [2.45, 2.75) is 13.0 Å². The van der Waals surface area contributed by atoms with Crippen LogP contribution in [0.1, 0.15) is 16.7 Å². The van der Waals surface area contributed by atoms with E-state index in [1.165, 1.54) is 0 Å². The number of amidine groups is 1. The fraction of sp³-hybridized carbons (Fsp3) is 0.125. The van der Waals surface area contributed by atoms with Crippen molar-refractivity contribution in [2.75, 3.05) is 0 Å². The monoisotopic (exact) mass is 266 g/mol. The minimum absolute atomic E-state index is 0.0630. The minimum atomic E-state index is -0.0630. The van der Waals surface area contributed by atoms with Gasteiger partial charge in [0.15, 0.2) is 0 Å². The van der Waals surface area contributed by atoms with Crippen LogP contribution in [-0.2, 0) is 17.8 Å². The fourth-order valence-electron chi connectivity index (χ4n) is 2.38. The van der Waals surface area contributed by atoms with E-state index in [1.54, 1.807) is 4.68 Å². The van der Waals surface area contributed by atoms with Crippen LogP contribution in [0.25, 0.3) is 0 Å². The zero-order valence-corrected chi connectivity index (χ0v) is 11.0. The van der Waals surface area contributed by atoms with E-state index in [-0.39, 0.29) is 5.91 Å². The molecule has 0 spiro atoms. The molecule has 3 rings (SSSR count). The Hall–Kier alpha value is -2.62. The molecule has 0 radical (unpaired) electrons. The first-order valence-electron chi connectivity index (χ1n) is 6.55. The van der Waals surface area contributed by atoms with E-state index < -0.39 is 0 Å². The Morgan fingerprint density at radius 3 is 2.55 bits per heavy atom. The molecule has 0 aliphatic carbocycles. The normalized spacial score (nSPS) is 13.2. The lowest BCUT2D eigenvalue weighted by molar-refractivity contribution is -0.585. The Labute approximate surface area is 117 Å². The van der Waals surface area contributed by atoms with Crippen molar-refractivity contribution in [2.24, 2.45) is 5.73 Å². The zero-order chi connectivity index (χ0) is 13.9. The number of carbonyl (C=O) groups excluding carboxylic acids is 1. The van der Waals surface area contributed by atoms with E-state index in [1.807, 2.05) is 54.6 Å². The number of amides is 1. The Morgan fingerprint density at radius 2 is 1.80 bits per heavy atom. The summed E-state index contributed by atoms with van der Waals surface area (Å²) < 4.78 is 1.70. The van der Waals surface area contributed by atoms with Crippen molar-refractivity contribution in [3.8, 4) is 0 Å². The average molecular weight is 266 g/mol. The molecule has 20 heavy (non-hydrogen) atoms. The van der Waals surface area contributed by atoms with Crippen molar-refractivity contribution in [3.63, 3.8) is 0 Å². The highest BCUT2D eigenvalue weighted by Crippen LogP contribution is 2.14. The van der Waals surface area contributed by atoms with Crippen LogP contribution < -0.4 is 11.2 Å². The van der Waals surface area contributed by atoms with Gasteiger partial charge in [0.2, 0.25) is 0 Å². The number of hydrazone groups is 1. The predicted octanol–water partition coefficient (Wildman–Crippen LogP) is 1.19. The molecule has 1 amide bonds. The van der Waals surface area contributed by atoms with Gasteiger partial charge >= 0.3 is 0 Å². The maximum Gasteiger partial charge on any atom is 0.299 e. The number of fused-ring (bicyclic) bond motifs is 1. The Bertz CT molecular complexity index is 677. The number of rotatable bonds is 3. The predicted molar refractivity (Wildman–Crippen MR) is 77.0 cm³/mol. The second kappa shape index (κ2) is 5.17. The van der Waals surface area contributed by atoms with Crippen molar-refractivity contribution < 1.29 is 9.48 Å². The minimum Gasteiger partial charge on any atom is -0.285 e. The summed E-state index contributed by atoms with van der Waals surface area (Å²) in [6, 6.07) is 17.6. The first-order chi connectivity index (χ1) is 9.74. The van der Waals surface area contributed by atoms with Gasteiger partial charge in [-0.1, -0.05) is 48.5 Å². The van der Waals surface area contributed by atoms with Crippen molar-refractivity contribution in [3.05, 3.63) is 71.3 Å². The maximum atomic E-state index is 12.0. The van der Waals surface area contributed by atoms with Crippen LogP contribution in [-0.4, -0.2) is 16.4 Å². The molecule has 3 N–H and O–H groups in total. The van der Waals surface area contributed by atoms with Crippen LogP contribution in [0.2, 0.25) is 0 Å². The lowest BCUT2D eigenvalue weighted by Gasteiger charge is -2.05. The van der Waals surface area contributed by atoms with Gasteiger partial charge in [-0.25, -0.2) is 0 Å². The van der Waals surface area contributed by atoms with Gasteiger partial charge in [0, 0.05) is 5.56 Å². The third-order valence-electron chi connectivity index (χ3n) is 3.38. The first kappa shape index (κ1) is 12.4. The molecule has 1 heterocycles. The third-order valence-corrected chi connectivity index (χ3v) is 3.38. The van der Waals surface area contributed by atoms with Gasteiger partial charge in [-0.15, -0.1) is 0 Å². The number of benzene rings is 2. The molecule has 1 aliphatic heterocycles. The van der Waals surface area contributed by atoms with Crippen LogP contribution in [0.4, 0.5) is 0 Å². The molecular formula is C16H16N3O+. The highest BCUT2D eigenvalue weighted by Gasteiger charge is 2.25. The molecule has 0 bridgehead atoms. The summed E-state index contributed by atoms with van der Waals surface area (Å²) in [6.07, 6.45) is 0.348. The molecule has 2 aromatic rings. The lowest BCUT2D eigenvalue weighted by atomic mass is 10.1. The topological polar surface area (TPSA) is 58.1 Å². The first-order valence-corrected chi connectivity index (χ1v) is 6.55. The molecule has 100 valence electrons. The van der Waals surface area contributed by atoms with Gasteiger partial charge in [-0.05, 0) is 11.6 Å². The van der Waals surface area contributed by atoms with Crippen LogP contribution in [0, 0.1) is 0 Å². The highest BCUT2D eigenvalue weighted by atomic mass is 16.2. The molecule has 0 unspecified atom stereocenters. The van der Waals surface area contributed by atoms with Crippen molar-refractivity contribution in [1.82, 2.24) is 5.43 Å². The summed E-state index contributed by atoms with van der Waals surface area (Å²) in [5, 5.41) is 0. The van der Waals surface area contributed by atoms with E-state index in [0.29, 0.717) is 18.8 Å². The molecule has 0 aromatic heterocycles. The van der Waals surface area contributed by atoms with Crippen LogP contribution in [0.3, 0.4) is 0 Å². The van der Waals surface area contributed by atoms with E-state index in [2.05, 4.69) is 5.43 Å². The number of nitrogens with zero attached hydrogens (tertiary/aromatic N) is 1. The highest BCUT2D eigenvalue weighted by molar-refractivity contribution is 5.96. The third kappa shape index (κ3) is 2.40. The molecule has 0 atom stereocenters. The standard InChI is InChI=1S/C16H15N3O/c17-16-14-9-5-4-8-13(14)11-19(16)18-15(20)10-12-6-2-1-3-7-12/h1-9,17H,10-11H2,(H,18,20)/p+1. The second-order valence-corrected chi connectivity index (χ2v) is 4.83. The van der Waals surface area contributed by atoms with Crippen LogP contribution in [0.5, 0.6) is 0 Å². The summed E-state index contributed by atoms with van der Waals surface area (Å²) in [6.45, 7) is 0.614. The number of carbonyl (C=O) groups is 1. The number of nitrogens with one attached hydrogen (secondary N) is 1. The molecule has 4 heteroatoms. The van der Waals surface area contributed by atoms with Gasteiger partial charge in [0.05, 0.1) is 12.0 Å². The molecule has 4 nitrogen and oxygen atoms in total. The maximum absolute atomic E-state index is 12.0. The van der Waals surface area contributed by atoms with E-state index in [4.69, 9.17) is 5.73 Å². The van der Waals surface area contributed by atoms with E-state index in [0.717, 1.165) is 16.7 Å². The number of hydrogen-bond acceptors (Lipinski definition) is 2. The summed E-state index contributed by atoms with van der Waals surface area (Å²) in [5.74, 6) is 0.536. The van der Waals surface area contributed by atoms with Gasteiger partial charge in [-0.2, -0.15) is 10.1 Å². The van der Waals surface area contributed by atoms with Gasteiger partial charge in [0.25, 0.3) is 11.7 Å². The molecule has 2 aromatic carbocycles. The second-order valence-electron chi connectivity index (χ2n) is 4.83. The summed E-state index contributed by atoms with van der Waals surface area (Å²) in [7, 11) is 0. The van der Waals surface area contributed by atoms with Crippen LogP contribution in [0.15, 0.2) is 54.6 Å². The molecule has 0 saturated heterocycles. The lowest BCUT2D eigenvalue weighted by Crippen LogP contribution is -2.39. The van der Waals surface area contributed by atoms with Gasteiger partial charge in [-0.3, -0.25) is 10.5 Å². The average Bonchev–Trinajstić information content (AvgIpc) is 2.77. The largest absolute Gasteiger partial charge is 0.299 e. The quantitative estimate of drug-likeness (QED) is 0.820. The Balaban J connectivity index is 1.71. The summed E-state index contributed by atoms with van der Waals surface area (Å²) in [5.41, 5.74) is 12.0. The summed E-state index contributed by atoms with van der Waals surface area (Å²) >= 11 is 0. The smallest absolute Gasteiger partial charge is 0.285 e. The molecular weight excluding hydrogens is 250 g/mol. The molecule has 0 fully saturated rings. The molecule has 0 saturated carbocycles. The van der Waals surface area contributed by atoms with Gasteiger partial charge in [0.1, 0.15) is 6.54 Å². The van der Waals surface area contributed by atoms with Crippen LogP contribution >= 0.6 is 0 Å². The number of hydrogen-bond donors (Lipinski definition) is 2. The van der Waals surface area contributed by atoms with Crippen molar-refractivity contribution >= 4 is 11.7 Å².